The molecule has 1 aliphatic carbocycles. The van der Waals surface area contributed by atoms with Crippen molar-refractivity contribution in [1.82, 2.24) is 4.90 Å². The second-order valence-corrected chi connectivity index (χ2v) is 5.99. The molecule has 1 amide bonds. The van der Waals surface area contributed by atoms with E-state index < -0.39 is 0 Å². The molecule has 0 radical (unpaired) electrons. The van der Waals surface area contributed by atoms with Gasteiger partial charge in [0.05, 0.1) is 0 Å². The lowest BCUT2D eigenvalue weighted by atomic mass is 9.99. The van der Waals surface area contributed by atoms with Gasteiger partial charge in [-0.3, -0.25) is 4.79 Å². The molecule has 2 unspecified atom stereocenters. The fourth-order valence-electron chi connectivity index (χ4n) is 2.55. The van der Waals surface area contributed by atoms with Crippen LogP contribution in [0.4, 0.5) is 4.39 Å². The van der Waals surface area contributed by atoms with Crippen LogP contribution in [0, 0.1) is 11.7 Å². The number of benzene rings is 1. The summed E-state index contributed by atoms with van der Waals surface area (Å²) in [5.41, 5.74) is 0.718. The number of rotatable bonds is 6. The van der Waals surface area contributed by atoms with E-state index in [1.165, 1.54) is 12.1 Å². The van der Waals surface area contributed by atoms with Crippen LogP contribution in [0.5, 0.6) is 0 Å². The van der Waals surface area contributed by atoms with Gasteiger partial charge in [-0.1, -0.05) is 32.4 Å². The van der Waals surface area contributed by atoms with Crippen LogP contribution in [0.3, 0.4) is 0 Å². The molecule has 1 aromatic carbocycles. The Kier molecular flexibility index (Phi) is 5.16. The first-order chi connectivity index (χ1) is 10.0. The van der Waals surface area contributed by atoms with Crippen molar-refractivity contribution in [2.75, 3.05) is 0 Å². The Morgan fingerprint density at radius 2 is 2.14 bits per heavy atom. The van der Waals surface area contributed by atoms with Crippen molar-refractivity contribution in [3.63, 3.8) is 0 Å². The van der Waals surface area contributed by atoms with Crippen LogP contribution in [-0.2, 0) is 4.79 Å². The third kappa shape index (κ3) is 4.16. The molecule has 21 heavy (non-hydrogen) atoms. The average molecular weight is 289 g/mol. The minimum absolute atomic E-state index is 0.0366. The maximum atomic E-state index is 13.1. The van der Waals surface area contributed by atoms with Gasteiger partial charge in [0.2, 0.25) is 5.91 Å². The number of amides is 1. The number of carbonyl (C=O) groups is 1. The first kappa shape index (κ1) is 15.7. The summed E-state index contributed by atoms with van der Waals surface area (Å²) in [6, 6.07) is 6.92. The van der Waals surface area contributed by atoms with E-state index in [2.05, 4.69) is 20.8 Å². The first-order valence-corrected chi connectivity index (χ1v) is 7.79. The van der Waals surface area contributed by atoms with E-state index in [-0.39, 0.29) is 17.8 Å². The van der Waals surface area contributed by atoms with Gasteiger partial charge >= 0.3 is 0 Å². The number of carbonyl (C=O) groups excluding carboxylic acids is 1. The molecule has 0 aliphatic heterocycles. The summed E-state index contributed by atoms with van der Waals surface area (Å²) in [5.74, 6) is 0.239. The zero-order chi connectivity index (χ0) is 15.4. The molecule has 1 aromatic rings. The molecule has 3 heteroatoms. The van der Waals surface area contributed by atoms with Crippen LogP contribution in [0.25, 0.3) is 6.08 Å². The van der Waals surface area contributed by atoms with Crippen LogP contribution in [0.15, 0.2) is 30.3 Å². The van der Waals surface area contributed by atoms with Crippen LogP contribution in [0.2, 0.25) is 0 Å². The lowest BCUT2D eigenvalue weighted by Crippen LogP contribution is -2.42. The first-order valence-electron chi connectivity index (χ1n) is 7.79. The molecule has 0 N–H and O–H groups in total. The van der Waals surface area contributed by atoms with Crippen LogP contribution < -0.4 is 0 Å². The lowest BCUT2D eigenvalue weighted by Gasteiger charge is -2.32. The van der Waals surface area contributed by atoms with Gasteiger partial charge in [-0.05, 0) is 49.5 Å². The van der Waals surface area contributed by atoms with Crippen LogP contribution in [-0.4, -0.2) is 22.9 Å². The zero-order valence-corrected chi connectivity index (χ0v) is 13.1. The maximum Gasteiger partial charge on any atom is 0.247 e. The third-order valence-electron chi connectivity index (χ3n) is 4.37. The molecule has 2 rings (SSSR count). The third-order valence-corrected chi connectivity index (χ3v) is 4.37. The Bertz CT molecular complexity index is 522. The monoisotopic (exact) mass is 289 g/mol. The highest BCUT2D eigenvalue weighted by molar-refractivity contribution is 5.92. The Morgan fingerprint density at radius 3 is 2.71 bits per heavy atom. The van der Waals surface area contributed by atoms with Crippen molar-refractivity contribution in [2.24, 2.45) is 5.92 Å². The second-order valence-electron chi connectivity index (χ2n) is 5.99. The zero-order valence-electron chi connectivity index (χ0n) is 13.1. The van der Waals surface area contributed by atoms with Crippen molar-refractivity contribution < 1.29 is 9.18 Å². The minimum Gasteiger partial charge on any atom is -0.333 e. The Hall–Kier alpha value is -1.64. The van der Waals surface area contributed by atoms with Crippen molar-refractivity contribution in [2.45, 2.75) is 52.1 Å². The summed E-state index contributed by atoms with van der Waals surface area (Å²) in [6.45, 7) is 6.46. The molecule has 2 nitrogen and oxygen atoms in total. The molecule has 0 aromatic heterocycles. The van der Waals surface area contributed by atoms with Gasteiger partial charge in [0.15, 0.2) is 0 Å². The predicted octanol–water partition coefficient (Wildman–Crippen LogP) is 4.26. The quantitative estimate of drug-likeness (QED) is 0.716. The molecule has 1 aliphatic rings. The number of nitrogens with zero attached hydrogens (tertiary/aromatic N) is 1. The summed E-state index contributed by atoms with van der Waals surface area (Å²) < 4.78 is 13.1. The Labute approximate surface area is 126 Å². The number of hydrogen-bond donors (Lipinski definition) is 0. The predicted molar refractivity (Wildman–Crippen MR) is 84.2 cm³/mol. The molecule has 0 heterocycles. The van der Waals surface area contributed by atoms with Gasteiger partial charge in [0.1, 0.15) is 5.82 Å². The van der Waals surface area contributed by atoms with Crippen molar-refractivity contribution in [3.05, 3.63) is 41.7 Å². The number of hydrogen-bond acceptors (Lipinski definition) is 1. The molecule has 0 bridgehead atoms. The molecule has 1 fully saturated rings. The van der Waals surface area contributed by atoms with Gasteiger partial charge in [0.25, 0.3) is 0 Å². The molecule has 114 valence electrons. The largest absolute Gasteiger partial charge is 0.333 e. The highest BCUT2D eigenvalue weighted by atomic mass is 19.1. The van der Waals surface area contributed by atoms with E-state index in [0.29, 0.717) is 12.0 Å². The van der Waals surface area contributed by atoms with E-state index in [0.717, 1.165) is 24.8 Å². The summed E-state index contributed by atoms with van der Waals surface area (Å²) in [7, 11) is 0. The van der Waals surface area contributed by atoms with E-state index in [1.54, 1.807) is 24.3 Å². The smallest absolute Gasteiger partial charge is 0.247 e. The molecule has 0 saturated heterocycles. The summed E-state index contributed by atoms with van der Waals surface area (Å²) >= 11 is 0. The Balaban J connectivity index is 2.08. The fraction of sp³-hybridized carbons (Fsp3) is 0.500. The average Bonchev–Trinajstić information content (AvgIpc) is 3.29. The van der Waals surface area contributed by atoms with Gasteiger partial charge in [0, 0.05) is 18.2 Å². The molecule has 2 atom stereocenters. The van der Waals surface area contributed by atoms with E-state index in [9.17, 15) is 9.18 Å². The molecule has 1 saturated carbocycles. The standard InChI is InChI=1S/C18H24FNO/c1-4-13(2)14(3)20(17-9-10-17)18(21)11-8-15-6-5-7-16(19)12-15/h5-8,11-14,17H,4,9-10H2,1-3H3/b11-8+. The van der Waals surface area contributed by atoms with Gasteiger partial charge < -0.3 is 4.90 Å². The Morgan fingerprint density at radius 1 is 1.43 bits per heavy atom. The summed E-state index contributed by atoms with van der Waals surface area (Å²) in [5, 5.41) is 0. The van der Waals surface area contributed by atoms with Crippen LogP contribution in [0.1, 0.15) is 45.6 Å². The highest BCUT2D eigenvalue weighted by Crippen LogP contribution is 2.31. The van der Waals surface area contributed by atoms with E-state index in [4.69, 9.17) is 0 Å². The summed E-state index contributed by atoms with van der Waals surface area (Å²) in [4.78, 5) is 14.5. The SMILES string of the molecule is CCC(C)C(C)N(C(=O)/C=C/c1cccc(F)c1)C1CC1. The topological polar surface area (TPSA) is 20.3 Å². The molecular formula is C18H24FNO. The van der Waals surface area contributed by atoms with Gasteiger partial charge in [-0.2, -0.15) is 0 Å². The molecular weight excluding hydrogens is 265 g/mol. The molecule has 0 spiro atoms. The number of halogens is 1. The second kappa shape index (κ2) is 6.88. The minimum atomic E-state index is -0.281. The van der Waals surface area contributed by atoms with Crippen molar-refractivity contribution in [1.29, 1.82) is 0 Å². The lowest BCUT2D eigenvalue weighted by molar-refractivity contribution is -0.129. The van der Waals surface area contributed by atoms with E-state index in [1.807, 2.05) is 4.90 Å². The highest BCUT2D eigenvalue weighted by Gasteiger charge is 2.36. The van der Waals surface area contributed by atoms with Crippen molar-refractivity contribution >= 4 is 12.0 Å². The fourth-order valence-corrected chi connectivity index (χ4v) is 2.55. The van der Waals surface area contributed by atoms with Gasteiger partial charge in [-0.15, -0.1) is 0 Å². The van der Waals surface area contributed by atoms with Gasteiger partial charge in [-0.25, -0.2) is 4.39 Å². The summed E-state index contributed by atoms with van der Waals surface area (Å²) in [6.07, 6.45) is 6.53. The van der Waals surface area contributed by atoms with Crippen molar-refractivity contribution in [3.8, 4) is 0 Å². The van der Waals surface area contributed by atoms with Crippen LogP contribution >= 0.6 is 0 Å². The van der Waals surface area contributed by atoms with E-state index >= 15 is 0 Å². The normalized spacial score (nSPS) is 17.7. The maximum absolute atomic E-state index is 13.1.